The van der Waals surface area contributed by atoms with E-state index in [1.807, 2.05) is 17.8 Å². The predicted octanol–water partition coefficient (Wildman–Crippen LogP) is 4.48. The molecular weight excluding hydrogens is 248 g/mol. The van der Waals surface area contributed by atoms with Crippen LogP contribution >= 0.6 is 11.8 Å². The van der Waals surface area contributed by atoms with Crippen LogP contribution in [0.5, 0.6) is 0 Å². The van der Waals surface area contributed by atoms with Crippen molar-refractivity contribution < 1.29 is 0 Å². The third kappa shape index (κ3) is 2.89. The molecule has 0 radical (unpaired) electrons. The van der Waals surface area contributed by atoms with Gasteiger partial charge >= 0.3 is 0 Å². The molecule has 94 valence electrons. The van der Waals surface area contributed by atoms with Gasteiger partial charge in [-0.2, -0.15) is 0 Å². The van der Waals surface area contributed by atoms with Crippen LogP contribution < -0.4 is 0 Å². The molecule has 0 saturated carbocycles. The van der Waals surface area contributed by atoms with Gasteiger partial charge in [-0.05, 0) is 24.0 Å². The molecule has 1 aromatic rings. The van der Waals surface area contributed by atoms with Gasteiger partial charge in [-0.25, -0.2) is 0 Å². The second-order valence-corrected chi connectivity index (χ2v) is 5.91. The smallest absolute Gasteiger partial charge is 0.0638 e. The van der Waals surface area contributed by atoms with Gasteiger partial charge in [-0.1, -0.05) is 47.9 Å². The normalized spacial score (nSPS) is 24.0. The molecule has 3 rings (SSSR count). The van der Waals surface area contributed by atoms with Crippen molar-refractivity contribution >= 4 is 11.8 Å². The minimum Gasteiger partial charge on any atom is -0.143 e. The van der Waals surface area contributed by atoms with Crippen molar-refractivity contribution in [3.8, 4) is 23.7 Å². The summed E-state index contributed by atoms with van der Waals surface area (Å²) < 4.78 is 0. The Bertz CT molecular complexity index is 616. The number of hydrogen-bond acceptors (Lipinski definition) is 1. The van der Waals surface area contributed by atoms with E-state index in [1.165, 1.54) is 29.5 Å². The zero-order valence-corrected chi connectivity index (χ0v) is 11.7. The first kappa shape index (κ1) is 12.5. The molecule has 1 heterocycles. The molecule has 0 saturated heterocycles. The molecular formula is C18H16S. The van der Waals surface area contributed by atoms with Gasteiger partial charge in [0.25, 0.3) is 0 Å². The highest BCUT2D eigenvalue weighted by molar-refractivity contribution is 7.99. The molecule has 2 aliphatic rings. The van der Waals surface area contributed by atoms with E-state index in [1.54, 1.807) is 0 Å². The molecule has 1 unspecified atom stereocenters. The van der Waals surface area contributed by atoms with Crippen molar-refractivity contribution in [3.05, 3.63) is 47.0 Å². The van der Waals surface area contributed by atoms with E-state index in [0.29, 0.717) is 5.25 Å². The summed E-state index contributed by atoms with van der Waals surface area (Å²) in [6.07, 6.45) is 6.38. The maximum Gasteiger partial charge on any atom is 0.0638 e. The Hall–Kier alpha value is -1.57. The van der Waals surface area contributed by atoms with E-state index in [9.17, 15) is 0 Å². The van der Waals surface area contributed by atoms with Gasteiger partial charge in [0.1, 0.15) is 0 Å². The average Bonchev–Trinajstić information content (AvgIpc) is 2.88. The third-order valence-electron chi connectivity index (χ3n) is 3.44. The molecule has 1 aromatic carbocycles. The van der Waals surface area contributed by atoms with Crippen molar-refractivity contribution in [3.63, 3.8) is 0 Å². The molecule has 1 atom stereocenters. The van der Waals surface area contributed by atoms with E-state index in [4.69, 9.17) is 0 Å². The lowest BCUT2D eigenvalue weighted by atomic mass is 10.00. The van der Waals surface area contributed by atoms with E-state index < -0.39 is 0 Å². The van der Waals surface area contributed by atoms with Crippen molar-refractivity contribution in [2.45, 2.75) is 36.7 Å². The fourth-order valence-corrected chi connectivity index (χ4v) is 3.74. The fraction of sp³-hybridized carbons (Fsp3) is 0.333. The second-order valence-electron chi connectivity index (χ2n) is 4.82. The topological polar surface area (TPSA) is 0 Å². The quantitative estimate of drug-likeness (QED) is 0.674. The number of fused-ring (bicyclic) bond motifs is 1. The number of benzene rings is 1. The summed E-state index contributed by atoms with van der Waals surface area (Å²) in [4.78, 5) is 0. The summed E-state index contributed by atoms with van der Waals surface area (Å²) in [5, 5.41) is 0.387. The molecule has 0 aromatic heterocycles. The van der Waals surface area contributed by atoms with Gasteiger partial charge in [-0.3, -0.25) is 0 Å². The lowest BCUT2D eigenvalue weighted by Crippen LogP contribution is -1.94. The average molecular weight is 264 g/mol. The Morgan fingerprint density at radius 1 is 1.05 bits per heavy atom. The maximum atomic E-state index is 3.36. The Morgan fingerprint density at radius 2 is 1.89 bits per heavy atom. The number of hydrogen-bond donors (Lipinski definition) is 0. The molecule has 0 N–H and O–H groups in total. The van der Waals surface area contributed by atoms with E-state index in [-0.39, 0.29) is 0 Å². The van der Waals surface area contributed by atoms with Crippen LogP contribution in [0.15, 0.2) is 35.9 Å². The first-order chi connectivity index (χ1) is 9.45. The van der Waals surface area contributed by atoms with Gasteiger partial charge in [0.05, 0.1) is 5.25 Å². The highest BCUT2D eigenvalue weighted by Gasteiger charge is 2.24. The highest BCUT2D eigenvalue weighted by Crippen LogP contribution is 2.45. The van der Waals surface area contributed by atoms with Crippen molar-refractivity contribution in [2.24, 2.45) is 0 Å². The largest absolute Gasteiger partial charge is 0.143 e. The fourth-order valence-electron chi connectivity index (χ4n) is 2.41. The van der Waals surface area contributed by atoms with Crippen molar-refractivity contribution in [1.82, 2.24) is 0 Å². The van der Waals surface area contributed by atoms with Crippen LogP contribution in [-0.4, -0.2) is 0 Å². The molecule has 0 amide bonds. The van der Waals surface area contributed by atoms with E-state index in [2.05, 4.69) is 47.9 Å². The molecule has 0 bridgehead atoms. The standard InChI is InChI=1S/C18H16S/c1-2-4-6-10-15(11-7-5-3-1)18-17-13-9-8-12-16(17)14-19-18/h8-9,11-13,18H,1-4,14H2/b15-11+. The molecule has 0 nitrogen and oxygen atoms in total. The Kier molecular flexibility index (Phi) is 3.97. The Labute approximate surface area is 119 Å². The predicted molar refractivity (Wildman–Crippen MR) is 82.6 cm³/mol. The zero-order chi connectivity index (χ0) is 12.9. The van der Waals surface area contributed by atoms with Crippen LogP contribution in [0.2, 0.25) is 0 Å². The van der Waals surface area contributed by atoms with Crippen molar-refractivity contribution in [1.29, 1.82) is 0 Å². The summed E-state index contributed by atoms with van der Waals surface area (Å²) >= 11 is 1.97. The molecule has 0 fully saturated rings. The lowest BCUT2D eigenvalue weighted by Gasteiger charge is -2.10. The van der Waals surface area contributed by atoms with Gasteiger partial charge in [0, 0.05) is 30.2 Å². The van der Waals surface area contributed by atoms with Gasteiger partial charge in [-0.15, -0.1) is 11.8 Å². The van der Waals surface area contributed by atoms with Gasteiger partial charge in [0.15, 0.2) is 0 Å². The summed E-state index contributed by atoms with van der Waals surface area (Å²) in [5.74, 6) is 14.2. The van der Waals surface area contributed by atoms with Crippen LogP contribution in [0.25, 0.3) is 0 Å². The SMILES string of the molecule is C1#CCCCCC#C/C(C2SCc3ccccc32)=C\1. The molecule has 1 heteroatoms. The van der Waals surface area contributed by atoms with Gasteiger partial charge in [0.2, 0.25) is 0 Å². The number of allylic oxidation sites excluding steroid dienone is 1. The first-order valence-corrected chi connectivity index (χ1v) is 7.87. The summed E-state index contributed by atoms with van der Waals surface area (Å²) in [7, 11) is 0. The number of thioether (sulfide) groups is 1. The summed E-state index contributed by atoms with van der Waals surface area (Å²) in [5.41, 5.74) is 4.06. The van der Waals surface area contributed by atoms with Crippen LogP contribution in [0, 0.1) is 23.7 Å². The van der Waals surface area contributed by atoms with E-state index in [0.717, 1.165) is 18.6 Å². The maximum absolute atomic E-state index is 3.36. The van der Waals surface area contributed by atoms with Crippen molar-refractivity contribution in [2.75, 3.05) is 0 Å². The minimum absolute atomic E-state index is 0.387. The van der Waals surface area contributed by atoms with Crippen LogP contribution in [0.3, 0.4) is 0 Å². The number of rotatable bonds is 1. The third-order valence-corrected chi connectivity index (χ3v) is 4.76. The minimum atomic E-state index is 0.387. The monoisotopic (exact) mass is 264 g/mol. The Balaban J connectivity index is 1.94. The lowest BCUT2D eigenvalue weighted by molar-refractivity contribution is 0.782. The summed E-state index contributed by atoms with van der Waals surface area (Å²) in [6, 6.07) is 8.70. The second kappa shape index (κ2) is 6.05. The highest BCUT2D eigenvalue weighted by atomic mass is 32.2. The molecule has 19 heavy (non-hydrogen) atoms. The molecule has 1 aliphatic carbocycles. The molecule has 0 spiro atoms. The van der Waals surface area contributed by atoms with Crippen LogP contribution in [-0.2, 0) is 5.75 Å². The van der Waals surface area contributed by atoms with Gasteiger partial charge < -0.3 is 0 Å². The van der Waals surface area contributed by atoms with Crippen LogP contribution in [0.1, 0.15) is 42.1 Å². The molecule has 1 aliphatic heterocycles. The Morgan fingerprint density at radius 3 is 2.84 bits per heavy atom. The zero-order valence-electron chi connectivity index (χ0n) is 10.9. The summed E-state index contributed by atoms with van der Waals surface area (Å²) in [6.45, 7) is 0. The van der Waals surface area contributed by atoms with E-state index >= 15 is 0 Å². The van der Waals surface area contributed by atoms with Crippen LogP contribution in [0.4, 0.5) is 0 Å². The first-order valence-electron chi connectivity index (χ1n) is 6.82.